The lowest BCUT2D eigenvalue weighted by molar-refractivity contribution is -0.156. The van der Waals surface area contributed by atoms with Gasteiger partial charge in [0, 0.05) is 6.04 Å². The van der Waals surface area contributed by atoms with Gasteiger partial charge in [-0.05, 0) is 25.7 Å². The lowest BCUT2D eigenvalue weighted by atomic mass is 9.85. The van der Waals surface area contributed by atoms with Crippen LogP contribution in [0.4, 0.5) is 0 Å². The van der Waals surface area contributed by atoms with Crippen molar-refractivity contribution >= 4 is 5.97 Å². The van der Waals surface area contributed by atoms with Crippen molar-refractivity contribution < 1.29 is 9.53 Å². The van der Waals surface area contributed by atoms with Crippen LogP contribution in [0.1, 0.15) is 40.0 Å². The third-order valence-electron chi connectivity index (χ3n) is 3.04. The van der Waals surface area contributed by atoms with Crippen LogP contribution in [0.5, 0.6) is 0 Å². The van der Waals surface area contributed by atoms with Crippen molar-refractivity contribution in [2.24, 2.45) is 17.1 Å². The van der Waals surface area contributed by atoms with Crippen LogP contribution in [0, 0.1) is 11.3 Å². The summed E-state index contributed by atoms with van der Waals surface area (Å²) < 4.78 is 5.24. The summed E-state index contributed by atoms with van der Waals surface area (Å²) in [5, 5.41) is 0. The Hall–Kier alpha value is -0.570. The molecule has 1 aliphatic rings. The minimum absolute atomic E-state index is 0.0258. The second-order valence-corrected chi connectivity index (χ2v) is 4.91. The Bertz CT molecular complexity index is 215. The summed E-state index contributed by atoms with van der Waals surface area (Å²) in [5.74, 6) is 0.274. The van der Waals surface area contributed by atoms with E-state index >= 15 is 0 Å². The van der Waals surface area contributed by atoms with E-state index in [1.165, 1.54) is 0 Å². The summed E-state index contributed by atoms with van der Waals surface area (Å²) in [5.41, 5.74) is 5.48. The summed E-state index contributed by atoms with van der Waals surface area (Å²) in [6.07, 6.45) is 2.84. The predicted molar refractivity (Wildman–Crippen MR) is 55.7 cm³/mol. The maximum absolute atomic E-state index is 11.8. The van der Waals surface area contributed by atoms with Gasteiger partial charge in [0.25, 0.3) is 0 Å². The largest absolute Gasteiger partial charge is 0.465 e. The first kappa shape index (κ1) is 11.5. The van der Waals surface area contributed by atoms with Crippen LogP contribution in [0.2, 0.25) is 0 Å². The number of nitrogens with two attached hydrogens (primary N) is 1. The number of rotatable bonds is 3. The van der Waals surface area contributed by atoms with Crippen LogP contribution in [0.25, 0.3) is 0 Å². The van der Waals surface area contributed by atoms with Crippen LogP contribution < -0.4 is 5.73 Å². The fourth-order valence-electron chi connectivity index (χ4n) is 1.85. The molecular weight excluding hydrogens is 178 g/mol. The number of hydrogen-bond donors (Lipinski definition) is 1. The number of ether oxygens (including phenoxy) is 1. The van der Waals surface area contributed by atoms with Crippen molar-refractivity contribution in [2.45, 2.75) is 46.1 Å². The summed E-state index contributed by atoms with van der Waals surface area (Å²) >= 11 is 0. The Labute approximate surface area is 86.0 Å². The first-order valence-corrected chi connectivity index (χ1v) is 5.39. The molecule has 0 saturated heterocycles. The van der Waals surface area contributed by atoms with Gasteiger partial charge < -0.3 is 10.5 Å². The van der Waals surface area contributed by atoms with E-state index in [4.69, 9.17) is 10.5 Å². The highest BCUT2D eigenvalue weighted by Gasteiger charge is 2.44. The van der Waals surface area contributed by atoms with E-state index < -0.39 is 5.41 Å². The van der Waals surface area contributed by atoms with Crippen LogP contribution >= 0.6 is 0 Å². The molecule has 14 heavy (non-hydrogen) atoms. The van der Waals surface area contributed by atoms with Crippen molar-refractivity contribution in [1.29, 1.82) is 0 Å². The third-order valence-corrected chi connectivity index (χ3v) is 3.04. The van der Waals surface area contributed by atoms with Crippen molar-refractivity contribution in [3.05, 3.63) is 0 Å². The fourth-order valence-corrected chi connectivity index (χ4v) is 1.85. The normalized spacial score (nSPS) is 32.2. The number of esters is 1. The van der Waals surface area contributed by atoms with E-state index in [1.54, 1.807) is 0 Å². The van der Waals surface area contributed by atoms with E-state index in [-0.39, 0.29) is 12.0 Å². The topological polar surface area (TPSA) is 52.3 Å². The first-order chi connectivity index (χ1) is 6.47. The van der Waals surface area contributed by atoms with Gasteiger partial charge in [0.15, 0.2) is 0 Å². The van der Waals surface area contributed by atoms with Gasteiger partial charge in [-0.25, -0.2) is 0 Å². The Kier molecular flexibility index (Phi) is 3.53. The Morgan fingerprint density at radius 2 is 2.29 bits per heavy atom. The molecule has 0 spiro atoms. The molecule has 0 aromatic heterocycles. The van der Waals surface area contributed by atoms with E-state index in [1.807, 2.05) is 20.8 Å². The monoisotopic (exact) mass is 199 g/mol. The molecule has 2 N–H and O–H groups in total. The molecule has 0 amide bonds. The lowest BCUT2D eigenvalue weighted by Gasteiger charge is -2.26. The molecule has 1 saturated carbocycles. The molecule has 0 aliphatic heterocycles. The fraction of sp³-hybridized carbons (Fsp3) is 0.909. The molecule has 1 aliphatic carbocycles. The zero-order valence-electron chi connectivity index (χ0n) is 9.38. The maximum atomic E-state index is 11.8. The van der Waals surface area contributed by atoms with Crippen molar-refractivity contribution in [3.63, 3.8) is 0 Å². The van der Waals surface area contributed by atoms with Gasteiger partial charge in [-0.1, -0.05) is 20.3 Å². The molecule has 0 bridgehead atoms. The molecule has 0 heterocycles. The Balaban J connectivity index is 2.50. The highest BCUT2D eigenvalue weighted by atomic mass is 16.5. The average molecular weight is 199 g/mol. The van der Waals surface area contributed by atoms with Crippen LogP contribution in [0.15, 0.2) is 0 Å². The summed E-state index contributed by atoms with van der Waals surface area (Å²) in [7, 11) is 0. The van der Waals surface area contributed by atoms with Crippen LogP contribution in [-0.2, 0) is 9.53 Å². The highest BCUT2D eigenvalue weighted by Crippen LogP contribution is 2.37. The minimum atomic E-state index is -0.436. The summed E-state index contributed by atoms with van der Waals surface area (Å²) in [6, 6.07) is -0.0258. The lowest BCUT2D eigenvalue weighted by Crippen LogP contribution is -2.42. The zero-order valence-corrected chi connectivity index (χ0v) is 9.38. The number of carbonyl (C=O) groups is 1. The average Bonchev–Trinajstić information content (AvgIpc) is 2.44. The van der Waals surface area contributed by atoms with Crippen LogP contribution in [0.3, 0.4) is 0 Å². The van der Waals surface area contributed by atoms with Crippen LogP contribution in [-0.4, -0.2) is 18.6 Å². The molecule has 2 unspecified atom stereocenters. The number of carbonyl (C=O) groups excluding carboxylic acids is 1. The first-order valence-electron chi connectivity index (χ1n) is 5.39. The molecule has 3 heteroatoms. The summed E-state index contributed by atoms with van der Waals surface area (Å²) in [4.78, 5) is 11.8. The van der Waals surface area contributed by atoms with Gasteiger partial charge in [0.2, 0.25) is 0 Å². The van der Waals surface area contributed by atoms with Gasteiger partial charge in [0.05, 0.1) is 12.0 Å². The molecule has 1 rings (SSSR count). The zero-order chi connectivity index (χ0) is 10.8. The second-order valence-electron chi connectivity index (χ2n) is 4.91. The third kappa shape index (κ3) is 2.27. The minimum Gasteiger partial charge on any atom is -0.465 e. The molecule has 0 radical (unpaired) electrons. The molecule has 0 aromatic carbocycles. The van der Waals surface area contributed by atoms with Gasteiger partial charge in [-0.15, -0.1) is 0 Å². The molecule has 2 atom stereocenters. The maximum Gasteiger partial charge on any atom is 0.313 e. The second kappa shape index (κ2) is 4.30. The van der Waals surface area contributed by atoms with Crippen molar-refractivity contribution in [2.75, 3.05) is 6.61 Å². The SMILES string of the molecule is CC(C)COC(=O)C1(C)CCCC1N. The molecule has 82 valence electrons. The van der Waals surface area contributed by atoms with Gasteiger partial charge >= 0.3 is 5.97 Å². The molecule has 3 nitrogen and oxygen atoms in total. The van der Waals surface area contributed by atoms with Crippen molar-refractivity contribution in [1.82, 2.24) is 0 Å². The van der Waals surface area contributed by atoms with Gasteiger partial charge in [-0.3, -0.25) is 4.79 Å². The van der Waals surface area contributed by atoms with E-state index in [0.717, 1.165) is 19.3 Å². The van der Waals surface area contributed by atoms with Crippen molar-refractivity contribution in [3.8, 4) is 0 Å². The van der Waals surface area contributed by atoms with E-state index in [0.29, 0.717) is 12.5 Å². The Morgan fingerprint density at radius 1 is 1.64 bits per heavy atom. The molecular formula is C11H21NO2. The highest BCUT2D eigenvalue weighted by molar-refractivity contribution is 5.77. The standard InChI is InChI=1S/C11H21NO2/c1-8(2)7-14-10(13)11(3)6-4-5-9(11)12/h8-9H,4-7,12H2,1-3H3. The quantitative estimate of drug-likeness (QED) is 0.704. The summed E-state index contributed by atoms with van der Waals surface area (Å²) in [6.45, 7) is 6.49. The van der Waals surface area contributed by atoms with Gasteiger partial charge in [-0.2, -0.15) is 0 Å². The molecule has 0 aromatic rings. The number of hydrogen-bond acceptors (Lipinski definition) is 3. The van der Waals surface area contributed by atoms with Gasteiger partial charge in [0.1, 0.15) is 0 Å². The smallest absolute Gasteiger partial charge is 0.313 e. The van der Waals surface area contributed by atoms with E-state index in [9.17, 15) is 4.79 Å². The Morgan fingerprint density at radius 3 is 2.71 bits per heavy atom. The van der Waals surface area contributed by atoms with E-state index in [2.05, 4.69) is 0 Å². The predicted octanol–water partition coefficient (Wildman–Crippen LogP) is 1.70. The molecule has 1 fully saturated rings.